The summed E-state index contributed by atoms with van der Waals surface area (Å²) in [6.45, 7) is 6.19. The number of carbonyl (C=O) groups excluding carboxylic acids is 1. The van der Waals surface area contributed by atoms with Gasteiger partial charge >= 0.3 is 6.03 Å². The van der Waals surface area contributed by atoms with Crippen molar-refractivity contribution in [1.82, 2.24) is 14.8 Å². The van der Waals surface area contributed by atoms with E-state index in [9.17, 15) is 4.79 Å². The van der Waals surface area contributed by atoms with Gasteiger partial charge in [0.25, 0.3) is 0 Å². The molecule has 0 aromatic carbocycles. The summed E-state index contributed by atoms with van der Waals surface area (Å²) in [5, 5.41) is 4.96. The largest absolute Gasteiger partial charge is 0.351 e. The average Bonchev–Trinajstić information content (AvgIpc) is 2.86. The molecule has 8 heteroatoms. The Labute approximate surface area is 129 Å². The molecular formula is C12H16BrN5OS. The number of hydrogen-bond donors (Lipinski definition) is 1. The number of aryl methyl sites for hydroxylation is 1. The monoisotopic (exact) mass is 357 g/mol. The molecule has 6 nitrogen and oxygen atoms in total. The highest BCUT2D eigenvalue weighted by molar-refractivity contribution is 9.11. The molecule has 0 saturated carbocycles. The first kappa shape index (κ1) is 15.0. The number of primary amides is 1. The molecule has 108 valence electrons. The van der Waals surface area contributed by atoms with E-state index in [1.54, 1.807) is 17.9 Å². The normalized spacial score (nSPS) is 11.7. The quantitative estimate of drug-likeness (QED) is 0.896. The van der Waals surface area contributed by atoms with Crippen LogP contribution in [-0.4, -0.2) is 20.8 Å². The van der Waals surface area contributed by atoms with Gasteiger partial charge in [0, 0.05) is 18.5 Å². The van der Waals surface area contributed by atoms with Crippen LogP contribution in [-0.2, 0) is 12.5 Å². The molecule has 20 heavy (non-hydrogen) atoms. The fourth-order valence-corrected chi connectivity index (χ4v) is 2.88. The van der Waals surface area contributed by atoms with E-state index < -0.39 is 6.03 Å². The van der Waals surface area contributed by atoms with Crippen LogP contribution in [0.1, 0.15) is 26.5 Å². The summed E-state index contributed by atoms with van der Waals surface area (Å²) in [5.41, 5.74) is 6.27. The molecule has 0 aliphatic carbocycles. The average molecular weight is 358 g/mol. The Morgan fingerprint density at radius 3 is 2.55 bits per heavy atom. The van der Waals surface area contributed by atoms with Crippen molar-refractivity contribution in [2.75, 3.05) is 4.90 Å². The lowest BCUT2D eigenvalue weighted by atomic mass is 9.92. The minimum atomic E-state index is -0.588. The summed E-state index contributed by atoms with van der Waals surface area (Å²) < 4.78 is 2.47. The number of urea groups is 1. The zero-order valence-corrected chi connectivity index (χ0v) is 14.1. The number of aromatic nitrogens is 3. The summed E-state index contributed by atoms with van der Waals surface area (Å²) in [6.07, 6.45) is 1.64. The topological polar surface area (TPSA) is 77.0 Å². The van der Waals surface area contributed by atoms with E-state index in [1.807, 2.05) is 6.07 Å². The molecule has 2 aromatic rings. The minimum Gasteiger partial charge on any atom is -0.351 e. The number of halogens is 1. The Bertz CT molecular complexity index is 643. The van der Waals surface area contributed by atoms with Crippen molar-refractivity contribution in [3.8, 4) is 0 Å². The van der Waals surface area contributed by atoms with Gasteiger partial charge in [-0.3, -0.25) is 4.68 Å². The van der Waals surface area contributed by atoms with E-state index in [4.69, 9.17) is 5.73 Å². The molecule has 2 amide bonds. The Hall–Kier alpha value is -1.41. The molecule has 2 aromatic heterocycles. The van der Waals surface area contributed by atoms with Crippen LogP contribution in [0, 0.1) is 0 Å². The van der Waals surface area contributed by atoms with Crippen LogP contribution in [0.3, 0.4) is 0 Å². The maximum atomic E-state index is 11.8. The maximum absolute atomic E-state index is 11.8. The smallest absolute Gasteiger partial charge is 0.326 e. The predicted molar refractivity (Wildman–Crippen MR) is 83.4 cm³/mol. The molecule has 0 atom stereocenters. The van der Waals surface area contributed by atoms with Crippen LogP contribution in [0.15, 0.2) is 16.0 Å². The molecule has 0 fully saturated rings. The van der Waals surface area contributed by atoms with Crippen molar-refractivity contribution >= 4 is 44.2 Å². The molecule has 0 aliphatic heterocycles. The van der Waals surface area contributed by atoms with Crippen molar-refractivity contribution in [3.05, 3.63) is 21.7 Å². The molecule has 0 spiro atoms. The number of nitrogens with two attached hydrogens (primary N) is 1. The lowest BCUT2D eigenvalue weighted by Crippen LogP contribution is -2.32. The Morgan fingerprint density at radius 2 is 2.15 bits per heavy atom. The SMILES string of the molecule is Cn1nc(C(C)(C)C)cc1N(C(N)=O)c1ncc(Br)s1. The summed E-state index contributed by atoms with van der Waals surface area (Å²) in [5.74, 6) is 0.601. The number of nitrogens with zero attached hydrogens (tertiary/aromatic N) is 4. The number of thiazole rings is 1. The molecule has 0 unspecified atom stereocenters. The summed E-state index contributed by atoms with van der Waals surface area (Å²) in [6, 6.07) is 1.27. The van der Waals surface area contributed by atoms with Crippen LogP contribution in [0.2, 0.25) is 0 Å². The van der Waals surface area contributed by atoms with Gasteiger partial charge in [-0.25, -0.2) is 14.7 Å². The van der Waals surface area contributed by atoms with E-state index in [2.05, 4.69) is 46.8 Å². The van der Waals surface area contributed by atoms with Crippen molar-refractivity contribution in [2.45, 2.75) is 26.2 Å². The van der Waals surface area contributed by atoms with Gasteiger partial charge in [-0.2, -0.15) is 5.10 Å². The first-order valence-electron chi connectivity index (χ1n) is 5.95. The van der Waals surface area contributed by atoms with Crippen molar-refractivity contribution in [1.29, 1.82) is 0 Å². The standard InChI is InChI=1S/C12H16BrN5OS/c1-12(2,3)7-5-9(17(4)16-7)18(10(14)19)11-15-6-8(13)20-11/h5-6H,1-4H3,(H2,14,19). The van der Waals surface area contributed by atoms with Crippen LogP contribution in [0.4, 0.5) is 15.7 Å². The second kappa shape index (κ2) is 5.17. The molecule has 0 aliphatic rings. The lowest BCUT2D eigenvalue weighted by molar-refractivity contribution is 0.255. The molecule has 0 radical (unpaired) electrons. The summed E-state index contributed by atoms with van der Waals surface area (Å²) in [4.78, 5) is 17.3. The van der Waals surface area contributed by atoms with Crippen LogP contribution < -0.4 is 10.6 Å². The van der Waals surface area contributed by atoms with E-state index in [0.29, 0.717) is 10.9 Å². The van der Waals surface area contributed by atoms with E-state index in [0.717, 1.165) is 9.48 Å². The first-order valence-corrected chi connectivity index (χ1v) is 7.56. The fraction of sp³-hybridized carbons (Fsp3) is 0.417. The third-order valence-corrected chi connectivity index (χ3v) is 4.19. The first-order chi connectivity index (χ1) is 9.20. The Kier molecular flexibility index (Phi) is 3.88. The Balaban J connectivity index is 2.51. The molecule has 2 N–H and O–H groups in total. The van der Waals surface area contributed by atoms with Crippen molar-refractivity contribution in [2.24, 2.45) is 12.8 Å². The molecule has 2 rings (SSSR count). The number of amides is 2. The number of anilines is 2. The van der Waals surface area contributed by atoms with Crippen LogP contribution in [0.5, 0.6) is 0 Å². The van der Waals surface area contributed by atoms with Crippen LogP contribution in [0.25, 0.3) is 0 Å². The minimum absolute atomic E-state index is 0.108. The zero-order chi connectivity index (χ0) is 15.1. The summed E-state index contributed by atoms with van der Waals surface area (Å²) in [7, 11) is 1.78. The third-order valence-electron chi connectivity index (χ3n) is 2.73. The summed E-state index contributed by atoms with van der Waals surface area (Å²) >= 11 is 4.67. The highest BCUT2D eigenvalue weighted by Crippen LogP contribution is 2.33. The highest BCUT2D eigenvalue weighted by Gasteiger charge is 2.26. The second-order valence-corrected chi connectivity index (χ2v) is 7.77. The molecule has 0 saturated heterocycles. The lowest BCUT2D eigenvalue weighted by Gasteiger charge is -2.16. The molecule has 0 bridgehead atoms. The maximum Gasteiger partial charge on any atom is 0.326 e. The van der Waals surface area contributed by atoms with Gasteiger partial charge in [-0.05, 0) is 15.9 Å². The van der Waals surface area contributed by atoms with Gasteiger partial charge in [-0.15, -0.1) is 0 Å². The van der Waals surface area contributed by atoms with E-state index >= 15 is 0 Å². The van der Waals surface area contributed by atoms with Crippen LogP contribution >= 0.6 is 27.3 Å². The van der Waals surface area contributed by atoms with Gasteiger partial charge in [0.05, 0.1) is 15.7 Å². The second-order valence-electron chi connectivity index (χ2n) is 5.38. The van der Waals surface area contributed by atoms with Gasteiger partial charge < -0.3 is 5.73 Å². The third kappa shape index (κ3) is 2.85. The fourth-order valence-electron chi connectivity index (χ4n) is 1.69. The van der Waals surface area contributed by atoms with Gasteiger partial charge in [0.1, 0.15) is 5.82 Å². The molecular weight excluding hydrogens is 342 g/mol. The van der Waals surface area contributed by atoms with E-state index in [-0.39, 0.29) is 5.41 Å². The van der Waals surface area contributed by atoms with Gasteiger partial charge in [0.2, 0.25) is 5.13 Å². The Morgan fingerprint density at radius 1 is 1.50 bits per heavy atom. The van der Waals surface area contributed by atoms with Gasteiger partial charge in [-0.1, -0.05) is 32.1 Å². The number of rotatable bonds is 2. The predicted octanol–water partition coefficient (Wildman–Crippen LogP) is 3.15. The number of hydrogen-bond acceptors (Lipinski definition) is 4. The zero-order valence-electron chi connectivity index (χ0n) is 11.7. The molecule has 2 heterocycles. The van der Waals surface area contributed by atoms with Crippen molar-refractivity contribution in [3.63, 3.8) is 0 Å². The van der Waals surface area contributed by atoms with Gasteiger partial charge in [0.15, 0.2) is 0 Å². The number of carbonyl (C=O) groups is 1. The van der Waals surface area contributed by atoms with E-state index in [1.165, 1.54) is 16.2 Å². The highest BCUT2D eigenvalue weighted by atomic mass is 79.9. The van der Waals surface area contributed by atoms with Crippen molar-refractivity contribution < 1.29 is 4.79 Å².